The number of carboxylic acid groups (broad SMARTS) is 2. The normalized spacial score (nSPS) is 8.56. The van der Waals surface area contributed by atoms with Gasteiger partial charge in [0.15, 0.2) is 0 Å². The zero-order valence-electron chi connectivity index (χ0n) is 9.01. The van der Waals surface area contributed by atoms with Gasteiger partial charge in [-0.2, -0.15) is 0 Å². The second-order valence-electron chi connectivity index (χ2n) is 2.85. The molecule has 1 aromatic carbocycles. The summed E-state index contributed by atoms with van der Waals surface area (Å²) >= 11 is 0. The molecule has 0 bridgehead atoms. The van der Waals surface area contributed by atoms with Crippen LogP contribution < -0.4 is 0 Å². The molecule has 1 aromatic rings. The van der Waals surface area contributed by atoms with Crippen molar-refractivity contribution >= 4 is 11.9 Å². The van der Waals surface area contributed by atoms with E-state index in [0.29, 0.717) is 0 Å². The van der Waals surface area contributed by atoms with Crippen LogP contribution in [0.4, 0.5) is 0 Å². The second kappa shape index (κ2) is 7.23. The summed E-state index contributed by atoms with van der Waals surface area (Å²) in [6, 6.07) is 5.48. The monoisotopic (exact) mass is 222 g/mol. The molecule has 0 aliphatic rings. The Morgan fingerprint density at radius 1 is 1.19 bits per heavy atom. The minimum Gasteiger partial charge on any atom is -0.478 e. The molecule has 0 fully saturated rings. The average molecular weight is 222 g/mol. The first-order valence-corrected chi connectivity index (χ1v) is 4.71. The molecule has 0 amide bonds. The van der Waals surface area contributed by atoms with Crippen molar-refractivity contribution in [3.05, 3.63) is 48.0 Å². The molecule has 0 aliphatic heterocycles. The third-order valence-corrected chi connectivity index (χ3v) is 1.68. The zero-order valence-corrected chi connectivity index (χ0v) is 9.01. The predicted octanol–water partition coefficient (Wildman–Crippen LogP) is 2.67. The van der Waals surface area contributed by atoms with E-state index in [1.54, 1.807) is 0 Å². The highest BCUT2D eigenvalue weighted by molar-refractivity contribution is 6.01. The fourth-order valence-corrected chi connectivity index (χ4v) is 0.856. The molecule has 0 unspecified atom stereocenters. The number of aromatic carboxylic acids is 2. The molecule has 16 heavy (non-hydrogen) atoms. The van der Waals surface area contributed by atoms with Crippen LogP contribution in [0, 0.1) is 0 Å². The first-order chi connectivity index (χ1) is 7.54. The summed E-state index contributed by atoms with van der Waals surface area (Å²) < 4.78 is 0. The Balaban J connectivity index is 0.000000487. The van der Waals surface area contributed by atoms with Gasteiger partial charge in [0.25, 0.3) is 0 Å². The Labute approximate surface area is 93.8 Å². The van der Waals surface area contributed by atoms with Gasteiger partial charge >= 0.3 is 11.9 Å². The van der Waals surface area contributed by atoms with Gasteiger partial charge in [0.1, 0.15) is 0 Å². The molecule has 86 valence electrons. The lowest BCUT2D eigenvalue weighted by Crippen LogP contribution is -2.06. The Bertz CT molecular complexity index is 349. The third kappa shape index (κ3) is 4.41. The minimum absolute atomic E-state index is 0.190. The number of hydrogen-bond acceptors (Lipinski definition) is 2. The standard InChI is InChI=1S/C8H6O4.C4H8/c9-7(10)5-3-1-2-4-6(5)8(11)12;1-3-4-2/h1-4H,(H,9,10)(H,11,12);3H,1,4H2,2H3. The van der Waals surface area contributed by atoms with Crippen molar-refractivity contribution < 1.29 is 19.8 Å². The number of hydrogen-bond donors (Lipinski definition) is 2. The molecular formula is C12H14O4. The molecule has 0 radical (unpaired) electrons. The van der Waals surface area contributed by atoms with E-state index < -0.39 is 11.9 Å². The quantitative estimate of drug-likeness (QED) is 0.771. The highest BCUT2D eigenvalue weighted by Crippen LogP contribution is 2.07. The Hall–Kier alpha value is -2.10. The van der Waals surface area contributed by atoms with E-state index in [9.17, 15) is 9.59 Å². The molecule has 4 heteroatoms. The van der Waals surface area contributed by atoms with E-state index in [-0.39, 0.29) is 11.1 Å². The number of carbonyl (C=O) groups is 2. The van der Waals surface area contributed by atoms with Gasteiger partial charge in [0.2, 0.25) is 0 Å². The summed E-state index contributed by atoms with van der Waals surface area (Å²) in [6.45, 7) is 5.54. The summed E-state index contributed by atoms with van der Waals surface area (Å²) in [5.41, 5.74) is -0.380. The first-order valence-electron chi connectivity index (χ1n) is 4.71. The van der Waals surface area contributed by atoms with Gasteiger partial charge in [-0.05, 0) is 18.6 Å². The molecule has 0 heterocycles. The van der Waals surface area contributed by atoms with Gasteiger partial charge in [-0.3, -0.25) is 0 Å². The molecule has 0 atom stereocenters. The van der Waals surface area contributed by atoms with Crippen molar-refractivity contribution in [2.24, 2.45) is 0 Å². The van der Waals surface area contributed by atoms with Crippen molar-refractivity contribution in [1.82, 2.24) is 0 Å². The number of carboxylic acids is 2. The van der Waals surface area contributed by atoms with Crippen LogP contribution in [0.5, 0.6) is 0 Å². The lowest BCUT2D eigenvalue weighted by Gasteiger charge is -1.98. The summed E-state index contributed by atoms with van der Waals surface area (Å²) in [6.07, 6.45) is 2.96. The fraction of sp³-hybridized carbons (Fsp3) is 0.167. The minimum atomic E-state index is -1.23. The lowest BCUT2D eigenvalue weighted by atomic mass is 10.1. The van der Waals surface area contributed by atoms with Crippen LogP contribution >= 0.6 is 0 Å². The molecule has 0 aromatic heterocycles. The SMILES string of the molecule is C=CCC.O=C(O)c1ccccc1C(=O)O. The van der Waals surface area contributed by atoms with E-state index in [1.165, 1.54) is 24.3 Å². The van der Waals surface area contributed by atoms with Gasteiger partial charge in [0, 0.05) is 0 Å². The molecule has 0 saturated heterocycles. The molecule has 0 aliphatic carbocycles. The zero-order chi connectivity index (χ0) is 12.6. The number of benzene rings is 1. The molecular weight excluding hydrogens is 208 g/mol. The molecule has 0 saturated carbocycles. The van der Waals surface area contributed by atoms with Crippen molar-refractivity contribution in [2.75, 3.05) is 0 Å². The maximum absolute atomic E-state index is 10.5. The highest BCUT2D eigenvalue weighted by atomic mass is 16.4. The van der Waals surface area contributed by atoms with Gasteiger partial charge < -0.3 is 10.2 Å². The summed E-state index contributed by atoms with van der Waals surface area (Å²) in [4.78, 5) is 20.9. The van der Waals surface area contributed by atoms with Crippen LogP contribution in [0.2, 0.25) is 0 Å². The summed E-state index contributed by atoms with van der Waals surface area (Å²) in [5, 5.41) is 17.1. The van der Waals surface area contributed by atoms with Crippen LogP contribution in [-0.2, 0) is 0 Å². The van der Waals surface area contributed by atoms with Crippen LogP contribution in [-0.4, -0.2) is 22.2 Å². The predicted molar refractivity (Wildman–Crippen MR) is 60.8 cm³/mol. The maximum atomic E-state index is 10.5. The largest absolute Gasteiger partial charge is 0.478 e. The van der Waals surface area contributed by atoms with E-state index >= 15 is 0 Å². The Morgan fingerprint density at radius 3 is 1.69 bits per heavy atom. The van der Waals surface area contributed by atoms with Crippen molar-refractivity contribution in [1.29, 1.82) is 0 Å². The lowest BCUT2D eigenvalue weighted by molar-refractivity contribution is 0.0651. The third-order valence-electron chi connectivity index (χ3n) is 1.68. The van der Waals surface area contributed by atoms with Crippen molar-refractivity contribution in [3.8, 4) is 0 Å². The van der Waals surface area contributed by atoms with E-state index in [1.807, 2.05) is 6.08 Å². The van der Waals surface area contributed by atoms with Gasteiger partial charge in [-0.1, -0.05) is 25.1 Å². The van der Waals surface area contributed by atoms with Crippen molar-refractivity contribution in [3.63, 3.8) is 0 Å². The number of allylic oxidation sites excluding steroid dienone is 1. The fourth-order valence-electron chi connectivity index (χ4n) is 0.856. The summed E-state index contributed by atoms with van der Waals surface area (Å²) in [5.74, 6) is -2.46. The Kier molecular flexibility index (Phi) is 6.28. The highest BCUT2D eigenvalue weighted by Gasteiger charge is 2.13. The van der Waals surface area contributed by atoms with Crippen LogP contribution in [0.25, 0.3) is 0 Å². The van der Waals surface area contributed by atoms with Gasteiger partial charge in [0.05, 0.1) is 11.1 Å². The molecule has 0 spiro atoms. The molecule has 1 rings (SSSR count). The summed E-state index contributed by atoms with van der Waals surface area (Å²) in [7, 11) is 0. The van der Waals surface area contributed by atoms with Crippen LogP contribution in [0.15, 0.2) is 36.9 Å². The number of rotatable bonds is 3. The molecule has 4 nitrogen and oxygen atoms in total. The van der Waals surface area contributed by atoms with Gasteiger partial charge in [-0.25, -0.2) is 9.59 Å². The van der Waals surface area contributed by atoms with E-state index in [2.05, 4.69) is 13.5 Å². The smallest absolute Gasteiger partial charge is 0.336 e. The van der Waals surface area contributed by atoms with E-state index in [4.69, 9.17) is 10.2 Å². The second-order valence-corrected chi connectivity index (χ2v) is 2.85. The van der Waals surface area contributed by atoms with Crippen molar-refractivity contribution in [2.45, 2.75) is 13.3 Å². The Morgan fingerprint density at radius 2 is 1.50 bits per heavy atom. The average Bonchev–Trinajstić information content (AvgIpc) is 2.29. The van der Waals surface area contributed by atoms with Crippen LogP contribution in [0.1, 0.15) is 34.1 Å². The van der Waals surface area contributed by atoms with Crippen LogP contribution in [0.3, 0.4) is 0 Å². The van der Waals surface area contributed by atoms with E-state index in [0.717, 1.165) is 6.42 Å². The maximum Gasteiger partial charge on any atom is 0.336 e. The van der Waals surface area contributed by atoms with Gasteiger partial charge in [-0.15, -0.1) is 6.58 Å². The molecule has 2 N–H and O–H groups in total. The topological polar surface area (TPSA) is 74.6 Å². The first kappa shape index (κ1) is 13.9.